The molecule has 0 radical (unpaired) electrons. The summed E-state index contributed by atoms with van der Waals surface area (Å²) >= 11 is 0. The molecule has 0 fully saturated rings. The minimum atomic E-state index is -0.484. The van der Waals surface area contributed by atoms with E-state index in [-0.39, 0.29) is 24.2 Å². The number of nitriles is 1. The second kappa shape index (κ2) is 6.71. The highest BCUT2D eigenvalue weighted by Crippen LogP contribution is 2.11. The van der Waals surface area contributed by atoms with Gasteiger partial charge >= 0.3 is 6.03 Å². The van der Waals surface area contributed by atoms with Crippen molar-refractivity contribution in [2.24, 2.45) is 0 Å². The van der Waals surface area contributed by atoms with Crippen LogP contribution in [-0.4, -0.2) is 12.1 Å². The maximum absolute atomic E-state index is 13.6. The van der Waals surface area contributed by atoms with Crippen molar-refractivity contribution in [3.8, 4) is 6.07 Å². The third kappa shape index (κ3) is 3.82. The fourth-order valence-corrected chi connectivity index (χ4v) is 2.09. The standard InChI is InChI=1S/C15H16FN3O/c16-14-8-11(9-17)6-7-12(14)10-18-15(20)19-13-4-2-1-3-5-13/h2,4,6-8,13H,1,3,5,10H2,(H2,18,19,20)/t13-/m1/s1. The first-order valence-electron chi connectivity index (χ1n) is 6.58. The lowest BCUT2D eigenvalue weighted by molar-refractivity contribution is 0.237. The normalized spacial score (nSPS) is 17.3. The predicted molar refractivity (Wildman–Crippen MR) is 73.3 cm³/mol. The summed E-state index contributed by atoms with van der Waals surface area (Å²) in [4.78, 5) is 11.7. The van der Waals surface area contributed by atoms with E-state index in [0.717, 1.165) is 19.3 Å². The third-order valence-electron chi connectivity index (χ3n) is 3.19. The zero-order chi connectivity index (χ0) is 14.4. The zero-order valence-corrected chi connectivity index (χ0v) is 11.0. The lowest BCUT2D eigenvalue weighted by Gasteiger charge is -2.18. The fraction of sp³-hybridized carbons (Fsp3) is 0.333. The Morgan fingerprint density at radius 3 is 3.00 bits per heavy atom. The van der Waals surface area contributed by atoms with E-state index in [0.29, 0.717) is 5.56 Å². The molecule has 4 nitrogen and oxygen atoms in total. The average Bonchev–Trinajstić information content (AvgIpc) is 2.47. The molecule has 1 aliphatic rings. The quantitative estimate of drug-likeness (QED) is 0.831. The number of nitrogens with zero attached hydrogens (tertiary/aromatic N) is 1. The van der Waals surface area contributed by atoms with Gasteiger partial charge in [-0.25, -0.2) is 9.18 Å². The first kappa shape index (κ1) is 14.1. The second-order valence-electron chi connectivity index (χ2n) is 4.71. The second-order valence-corrected chi connectivity index (χ2v) is 4.71. The predicted octanol–water partition coefficient (Wildman–Crippen LogP) is 2.61. The summed E-state index contributed by atoms with van der Waals surface area (Å²) < 4.78 is 13.6. The molecule has 2 amide bonds. The van der Waals surface area contributed by atoms with Crippen molar-refractivity contribution in [2.45, 2.75) is 31.8 Å². The smallest absolute Gasteiger partial charge is 0.315 e. The Hall–Kier alpha value is -2.35. The Kier molecular flexibility index (Phi) is 4.72. The molecular weight excluding hydrogens is 257 g/mol. The molecule has 0 spiro atoms. The maximum Gasteiger partial charge on any atom is 0.315 e. The van der Waals surface area contributed by atoms with Gasteiger partial charge in [0.25, 0.3) is 0 Å². The summed E-state index contributed by atoms with van der Waals surface area (Å²) in [5.74, 6) is -0.484. The van der Waals surface area contributed by atoms with Crippen LogP contribution in [0.15, 0.2) is 30.4 Å². The van der Waals surface area contributed by atoms with Crippen molar-refractivity contribution in [1.29, 1.82) is 5.26 Å². The van der Waals surface area contributed by atoms with Gasteiger partial charge in [-0.2, -0.15) is 5.26 Å². The van der Waals surface area contributed by atoms with Crippen molar-refractivity contribution in [3.05, 3.63) is 47.3 Å². The number of hydrogen-bond donors (Lipinski definition) is 2. The summed E-state index contributed by atoms with van der Waals surface area (Å²) in [7, 11) is 0. The molecule has 104 valence electrons. The lowest BCUT2D eigenvalue weighted by atomic mass is 10.0. The van der Waals surface area contributed by atoms with E-state index in [1.807, 2.05) is 12.1 Å². The van der Waals surface area contributed by atoms with Crippen molar-refractivity contribution >= 4 is 6.03 Å². The summed E-state index contributed by atoms with van der Waals surface area (Å²) in [6.45, 7) is 0.0970. The van der Waals surface area contributed by atoms with Crippen LogP contribution >= 0.6 is 0 Å². The van der Waals surface area contributed by atoms with Crippen LogP contribution in [0, 0.1) is 17.1 Å². The number of carbonyl (C=O) groups is 1. The molecular formula is C15H16FN3O. The minimum absolute atomic E-state index is 0.0505. The highest BCUT2D eigenvalue weighted by atomic mass is 19.1. The van der Waals surface area contributed by atoms with Gasteiger partial charge in [0.2, 0.25) is 0 Å². The van der Waals surface area contributed by atoms with Crippen LogP contribution in [0.25, 0.3) is 0 Å². The van der Waals surface area contributed by atoms with Crippen LogP contribution in [0.1, 0.15) is 30.4 Å². The first-order valence-corrected chi connectivity index (χ1v) is 6.58. The van der Waals surface area contributed by atoms with Gasteiger partial charge in [0.1, 0.15) is 5.82 Å². The SMILES string of the molecule is N#Cc1ccc(CNC(=O)N[C@@H]2C=CCCC2)c(F)c1. The van der Waals surface area contributed by atoms with Gasteiger partial charge in [0.05, 0.1) is 11.6 Å². The van der Waals surface area contributed by atoms with Crippen molar-refractivity contribution in [3.63, 3.8) is 0 Å². The Balaban J connectivity index is 1.85. The molecule has 0 bridgehead atoms. The van der Waals surface area contributed by atoms with E-state index in [9.17, 15) is 9.18 Å². The van der Waals surface area contributed by atoms with Crippen LogP contribution in [0.2, 0.25) is 0 Å². The third-order valence-corrected chi connectivity index (χ3v) is 3.19. The molecule has 0 saturated heterocycles. The van der Waals surface area contributed by atoms with Gasteiger partial charge in [-0.15, -0.1) is 0 Å². The van der Waals surface area contributed by atoms with Crippen LogP contribution < -0.4 is 10.6 Å². The summed E-state index contributed by atoms with van der Waals surface area (Å²) in [6.07, 6.45) is 7.07. The van der Waals surface area contributed by atoms with Gasteiger partial charge in [-0.3, -0.25) is 0 Å². The summed E-state index contributed by atoms with van der Waals surface area (Å²) in [5.41, 5.74) is 0.626. The van der Waals surface area contributed by atoms with Gasteiger partial charge in [0.15, 0.2) is 0 Å². The van der Waals surface area contributed by atoms with Gasteiger partial charge in [0, 0.05) is 18.2 Å². The zero-order valence-electron chi connectivity index (χ0n) is 11.0. The Labute approximate surface area is 117 Å². The summed E-state index contributed by atoms with van der Waals surface area (Å²) in [5, 5.41) is 14.1. The minimum Gasteiger partial charge on any atom is -0.334 e. The Bertz CT molecular complexity index is 563. The van der Waals surface area contributed by atoms with Crippen molar-refractivity contribution in [1.82, 2.24) is 10.6 Å². The molecule has 2 N–H and O–H groups in total. The lowest BCUT2D eigenvalue weighted by Crippen LogP contribution is -2.41. The molecule has 1 aromatic carbocycles. The van der Waals surface area contributed by atoms with Crippen LogP contribution in [0.5, 0.6) is 0 Å². The number of carbonyl (C=O) groups excluding carboxylic acids is 1. The monoisotopic (exact) mass is 273 g/mol. The average molecular weight is 273 g/mol. The molecule has 1 atom stereocenters. The molecule has 0 unspecified atom stereocenters. The Morgan fingerprint density at radius 1 is 1.50 bits per heavy atom. The molecule has 2 rings (SSSR count). The first-order chi connectivity index (χ1) is 9.69. The fourth-order valence-electron chi connectivity index (χ4n) is 2.09. The van der Waals surface area contributed by atoms with Gasteiger partial charge in [-0.05, 0) is 31.4 Å². The topological polar surface area (TPSA) is 64.9 Å². The maximum atomic E-state index is 13.6. The Morgan fingerprint density at radius 2 is 2.35 bits per heavy atom. The molecule has 0 aromatic heterocycles. The number of benzene rings is 1. The van der Waals surface area contributed by atoms with Gasteiger partial charge < -0.3 is 10.6 Å². The van der Waals surface area contributed by atoms with Crippen LogP contribution in [-0.2, 0) is 6.54 Å². The van der Waals surface area contributed by atoms with Gasteiger partial charge in [-0.1, -0.05) is 18.2 Å². The number of amides is 2. The van der Waals surface area contributed by atoms with Crippen molar-refractivity contribution < 1.29 is 9.18 Å². The van der Waals surface area contributed by atoms with E-state index >= 15 is 0 Å². The van der Waals surface area contributed by atoms with E-state index in [1.165, 1.54) is 18.2 Å². The molecule has 5 heteroatoms. The molecule has 20 heavy (non-hydrogen) atoms. The molecule has 0 saturated carbocycles. The number of halogens is 1. The largest absolute Gasteiger partial charge is 0.334 e. The molecule has 1 aliphatic carbocycles. The molecule has 0 heterocycles. The molecule has 0 aliphatic heterocycles. The van der Waals surface area contributed by atoms with E-state index in [2.05, 4.69) is 16.7 Å². The van der Waals surface area contributed by atoms with Crippen LogP contribution in [0.3, 0.4) is 0 Å². The van der Waals surface area contributed by atoms with E-state index in [4.69, 9.17) is 5.26 Å². The summed E-state index contributed by atoms with van der Waals surface area (Å²) in [6, 6.07) is 5.81. The van der Waals surface area contributed by atoms with E-state index in [1.54, 1.807) is 0 Å². The highest BCUT2D eigenvalue weighted by Gasteiger charge is 2.11. The number of urea groups is 1. The van der Waals surface area contributed by atoms with E-state index < -0.39 is 5.82 Å². The number of rotatable bonds is 3. The highest BCUT2D eigenvalue weighted by molar-refractivity contribution is 5.74. The number of nitrogens with one attached hydrogen (secondary N) is 2. The number of allylic oxidation sites excluding steroid dienone is 1. The number of hydrogen-bond acceptors (Lipinski definition) is 2. The molecule has 1 aromatic rings. The van der Waals surface area contributed by atoms with Crippen LogP contribution in [0.4, 0.5) is 9.18 Å². The van der Waals surface area contributed by atoms with Crippen molar-refractivity contribution in [2.75, 3.05) is 0 Å².